The van der Waals surface area contributed by atoms with E-state index in [1.807, 2.05) is 31.2 Å². The number of hydrogen-bond donors (Lipinski definition) is 1. The van der Waals surface area contributed by atoms with Crippen molar-refractivity contribution in [1.29, 1.82) is 0 Å². The van der Waals surface area contributed by atoms with E-state index in [1.165, 1.54) is 0 Å². The molecule has 0 radical (unpaired) electrons. The normalized spacial score (nSPS) is 12.7. The topological polar surface area (TPSA) is 69.6 Å². The summed E-state index contributed by atoms with van der Waals surface area (Å²) >= 11 is 3.42. The van der Waals surface area contributed by atoms with Gasteiger partial charge in [0, 0.05) is 4.47 Å². The Balaban J connectivity index is 2.36. The van der Waals surface area contributed by atoms with Crippen molar-refractivity contribution >= 4 is 21.9 Å². The van der Waals surface area contributed by atoms with Crippen molar-refractivity contribution in [3.63, 3.8) is 0 Å². The molecule has 0 fully saturated rings. The van der Waals surface area contributed by atoms with E-state index in [0.29, 0.717) is 5.95 Å². The molecule has 1 aromatic heterocycles. The summed E-state index contributed by atoms with van der Waals surface area (Å²) in [5.74, 6) is 0.322. The maximum absolute atomic E-state index is 5.63. The van der Waals surface area contributed by atoms with Crippen LogP contribution < -0.4 is 5.73 Å². The van der Waals surface area contributed by atoms with Gasteiger partial charge in [-0.3, -0.25) is 0 Å². The summed E-state index contributed by atoms with van der Waals surface area (Å²) in [7, 11) is 0. The lowest BCUT2D eigenvalue weighted by Crippen LogP contribution is -2.11. The van der Waals surface area contributed by atoms with Gasteiger partial charge in [0.2, 0.25) is 5.95 Å². The number of halogens is 1. The number of anilines is 1. The first-order valence-electron chi connectivity index (χ1n) is 4.47. The first-order valence-corrected chi connectivity index (χ1v) is 5.26. The van der Waals surface area contributed by atoms with Crippen LogP contribution in [-0.2, 0) is 0 Å². The highest BCUT2D eigenvalue weighted by Crippen LogP contribution is 2.21. The van der Waals surface area contributed by atoms with Crippen LogP contribution in [0.5, 0.6) is 0 Å². The molecule has 0 saturated carbocycles. The molecule has 0 bridgehead atoms. The lowest BCUT2D eigenvalue weighted by Gasteiger charge is -2.12. The zero-order valence-corrected chi connectivity index (χ0v) is 9.72. The molecule has 0 amide bonds. The van der Waals surface area contributed by atoms with Crippen LogP contribution in [0.15, 0.2) is 28.7 Å². The zero-order chi connectivity index (χ0) is 10.8. The summed E-state index contributed by atoms with van der Waals surface area (Å²) < 4.78 is 2.61. The number of hydrogen-bond acceptors (Lipinski definition) is 4. The fourth-order valence-electron chi connectivity index (χ4n) is 1.38. The fraction of sp³-hybridized carbons (Fsp3) is 0.222. The van der Waals surface area contributed by atoms with Crippen LogP contribution in [0, 0.1) is 0 Å². The van der Waals surface area contributed by atoms with Crippen molar-refractivity contribution in [2.24, 2.45) is 0 Å². The summed E-state index contributed by atoms with van der Waals surface area (Å²) in [6, 6.07) is 8.00. The number of nitrogen functional groups attached to an aromatic ring is 1. The molecular formula is C9H10BrN5. The maximum atomic E-state index is 5.63. The molecule has 2 aromatic rings. The summed E-state index contributed by atoms with van der Waals surface area (Å²) in [6.07, 6.45) is 0. The Labute approximate surface area is 95.4 Å². The Bertz CT molecular complexity index is 467. The molecule has 78 valence electrons. The molecular weight excluding hydrogens is 258 g/mol. The Hall–Kier alpha value is -1.43. The number of aromatic nitrogens is 4. The van der Waals surface area contributed by atoms with Crippen molar-refractivity contribution in [2.75, 3.05) is 5.73 Å². The van der Waals surface area contributed by atoms with Crippen LogP contribution >= 0.6 is 15.9 Å². The van der Waals surface area contributed by atoms with Gasteiger partial charge in [0.15, 0.2) is 0 Å². The third-order valence-electron chi connectivity index (χ3n) is 2.22. The lowest BCUT2D eigenvalue weighted by molar-refractivity contribution is 0.550. The van der Waals surface area contributed by atoms with Crippen molar-refractivity contribution in [3.8, 4) is 0 Å². The van der Waals surface area contributed by atoms with Crippen molar-refractivity contribution in [3.05, 3.63) is 34.3 Å². The van der Waals surface area contributed by atoms with E-state index in [4.69, 9.17) is 5.73 Å². The molecule has 0 aliphatic carbocycles. The first kappa shape index (κ1) is 10.1. The molecule has 0 saturated heterocycles. The predicted molar refractivity (Wildman–Crippen MR) is 60.2 cm³/mol. The van der Waals surface area contributed by atoms with Crippen molar-refractivity contribution in [1.82, 2.24) is 20.2 Å². The molecule has 1 aromatic carbocycles. The average molecular weight is 268 g/mol. The molecule has 1 atom stereocenters. The fourth-order valence-corrected chi connectivity index (χ4v) is 1.80. The monoisotopic (exact) mass is 267 g/mol. The van der Waals surface area contributed by atoms with E-state index in [2.05, 4.69) is 31.5 Å². The van der Waals surface area contributed by atoms with Gasteiger partial charge in [-0.25, -0.2) is 4.68 Å². The van der Waals surface area contributed by atoms with Crippen LogP contribution in [0.25, 0.3) is 0 Å². The summed E-state index contributed by atoms with van der Waals surface area (Å²) in [6.45, 7) is 1.99. The first-order chi connectivity index (χ1) is 7.18. The molecule has 2 N–H and O–H groups in total. The van der Waals surface area contributed by atoms with Gasteiger partial charge in [-0.05, 0) is 35.0 Å². The minimum Gasteiger partial charge on any atom is -0.367 e. The summed E-state index contributed by atoms with van der Waals surface area (Å²) in [5.41, 5.74) is 6.73. The second kappa shape index (κ2) is 3.98. The van der Waals surface area contributed by atoms with Crippen molar-refractivity contribution in [2.45, 2.75) is 13.0 Å². The van der Waals surface area contributed by atoms with Crippen LogP contribution in [0.3, 0.4) is 0 Å². The highest BCUT2D eigenvalue weighted by atomic mass is 79.9. The molecule has 0 aliphatic rings. The SMILES string of the molecule is CC(c1cccc(Br)c1)n1nnnc1N. The molecule has 1 heterocycles. The quantitative estimate of drug-likeness (QED) is 0.898. The largest absolute Gasteiger partial charge is 0.367 e. The van der Waals surface area contributed by atoms with Gasteiger partial charge in [-0.2, -0.15) is 0 Å². The Kier molecular flexibility index (Phi) is 2.68. The van der Waals surface area contributed by atoms with E-state index in [1.54, 1.807) is 4.68 Å². The number of rotatable bonds is 2. The van der Waals surface area contributed by atoms with Crippen LogP contribution in [0.2, 0.25) is 0 Å². The zero-order valence-electron chi connectivity index (χ0n) is 8.13. The lowest BCUT2D eigenvalue weighted by atomic mass is 10.1. The molecule has 2 rings (SSSR count). The summed E-state index contributed by atoms with van der Waals surface area (Å²) in [5, 5.41) is 11.0. The number of nitrogens with zero attached hydrogens (tertiary/aromatic N) is 4. The van der Waals surface area contributed by atoms with Crippen LogP contribution in [-0.4, -0.2) is 20.2 Å². The van der Waals surface area contributed by atoms with Gasteiger partial charge in [0.1, 0.15) is 0 Å². The van der Waals surface area contributed by atoms with E-state index in [-0.39, 0.29) is 6.04 Å². The minimum absolute atomic E-state index is 0.0255. The Morgan fingerprint density at radius 2 is 2.27 bits per heavy atom. The molecule has 1 unspecified atom stereocenters. The smallest absolute Gasteiger partial charge is 0.240 e. The number of nitrogens with two attached hydrogens (primary N) is 1. The number of benzene rings is 1. The predicted octanol–water partition coefficient (Wildman–Crippen LogP) is 1.63. The molecule has 0 aliphatic heterocycles. The number of tetrazole rings is 1. The maximum Gasteiger partial charge on any atom is 0.240 e. The standard InChI is InChI=1S/C9H10BrN5/c1-6(15-9(11)12-13-14-15)7-3-2-4-8(10)5-7/h2-6H,1H3,(H2,11,12,14). The molecule has 15 heavy (non-hydrogen) atoms. The van der Waals surface area contributed by atoms with Gasteiger partial charge in [0.25, 0.3) is 0 Å². The van der Waals surface area contributed by atoms with Crippen LogP contribution in [0.1, 0.15) is 18.5 Å². The molecule has 6 heteroatoms. The Morgan fingerprint density at radius 3 is 2.87 bits per heavy atom. The summed E-state index contributed by atoms with van der Waals surface area (Å²) in [4.78, 5) is 0. The van der Waals surface area contributed by atoms with Gasteiger partial charge in [-0.15, -0.1) is 0 Å². The minimum atomic E-state index is 0.0255. The Morgan fingerprint density at radius 1 is 1.47 bits per heavy atom. The van der Waals surface area contributed by atoms with Crippen LogP contribution in [0.4, 0.5) is 5.95 Å². The average Bonchev–Trinajstić information content (AvgIpc) is 2.63. The van der Waals surface area contributed by atoms with E-state index in [0.717, 1.165) is 10.0 Å². The van der Waals surface area contributed by atoms with Crippen molar-refractivity contribution < 1.29 is 0 Å². The van der Waals surface area contributed by atoms with Gasteiger partial charge >= 0.3 is 0 Å². The molecule has 0 spiro atoms. The van der Waals surface area contributed by atoms with Gasteiger partial charge < -0.3 is 5.73 Å². The third-order valence-corrected chi connectivity index (χ3v) is 2.71. The second-order valence-electron chi connectivity index (χ2n) is 3.21. The third kappa shape index (κ3) is 1.99. The highest BCUT2D eigenvalue weighted by molar-refractivity contribution is 9.10. The highest BCUT2D eigenvalue weighted by Gasteiger charge is 2.12. The van der Waals surface area contributed by atoms with E-state index >= 15 is 0 Å². The second-order valence-corrected chi connectivity index (χ2v) is 4.13. The van der Waals surface area contributed by atoms with Gasteiger partial charge in [0.05, 0.1) is 6.04 Å². The molecule has 5 nitrogen and oxygen atoms in total. The van der Waals surface area contributed by atoms with E-state index in [9.17, 15) is 0 Å². The van der Waals surface area contributed by atoms with Gasteiger partial charge in [-0.1, -0.05) is 33.2 Å². The van der Waals surface area contributed by atoms with E-state index < -0.39 is 0 Å².